The predicted molar refractivity (Wildman–Crippen MR) is 131 cm³/mol. The van der Waals surface area contributed by atoms with Gasteiger partial charge in [0.05, 0.1) is 12.6 Å². The molecule has 2 aromatic rings. The molecule has 0 bridgehead atoms. The summed E-state index contributed by atoms with van der Waals surface area (Å²) >= 11 is 0. The minimum absolute atomic E-state index is 0.00640. The van der Waals surface area contributed by atoms with E-state index < -0.39 is 18.1 Å². The fourth-order valence-corrected chi connectivity index (χ4v) is 5.15. The number of nitrogens with zero attached hydrogens (tertiary/aromatic N) is 1. The molecule has 35 heavy (non-hydrogen) atoms. The Hall–Kier alpha value is -3.19. The molecule has 0 spiro atoms. The van der Waals surface area contributed by atoms with E-state index in [4.69, 9.17) is 9.47 Å². The summed E-state index contributed by atoms with van der Waals surface area (Å²) in [7, 11) is 0. The molecule has 2 aliphatic rings. The Balaban J connectivity index is 1.39. The molecule has 0 saturated carbocycles. The van der Waals surface area contributed by atoms with Crippen LogP contribution in [0.1, 0.15) is 43.4 Å². The van der Waals surface area contributed by atoms with Crippen LogP contribution in [-0.4, -0.2) is 54.0 Å². The van der Waals surface area contributed by atoms with Crippen molar-refractivity contribution in [3.05, 3.63) is 71.3 Å². The van der Waals surface area contributed by atoms with Gasteiger partial charge < -0.3 is 14.4 Å². The van der Waals surface area contributed by atoms with Crippen molar-refractivity contribution in [2.45, 2.75) is 64.3 Å². The zero-order valence-corrected chi connectivity index (χ0v) is 20.4. The number of fused-ring (bicyclic) bond motifs is 1. The summed E-state index contributed by atoms with van der Waals surface area (Å²) in [5.41, 5.74) is 3.36. The van der Waals surface area contributed by atoms with E-state index in [0.29, 0.717) is 13.0 Å². The van der Waals surface area contributed by atoms with Gasteiger partial charge in [-0.1, -0.05) is 54.6 Å². The van der Waals surface area contributed by atoms with Crippen LogP contribution in [0, 0.1) is 5.92 Å². The Bertz CT molecular complexity index is 1020. The second kappa shape index (κ2) is 11.5. The van der Waals surface area contributed by atoms with Crippen molar-refractivity contribution < 1.29 is 23.9 Å². The van der Waals surface area contributed by atoms with Crippen molar-refractivity contribution in [1.82, 2.24) is 10.2 Å². The summed E-state index contributed by atoms with van der Waals surface area (Å²) in [6.07, 6.45) is 2.82. The molecule has 1 heterocycles. The molecule has 7 heteroatoms. The summed E-state index contributed by atoms with van der Waals surface area (Å²) < 4.78 is 10.9. The van der Waals surface area contributed by atoms with Crippen LogP contribution in [0.2, 0.25) is 0 Å². The van der Waals surface area contributed by atoms with Gasteiger partial charge in [0.2, 0.25) is 5.91 Å². The molecule has 0 radical (unpaired) electrons. The van der Waals surface area contributed by atoms with Crippen LogP contribution < -0.4 is 5.32 Å². The molecule has 7 nitrogen and oxygen atoms in total. The Morgan fingerprint density at radius 3 is 2.31 bits per heavy atom. The number of hydrogen-bond donors (Lipinski definition) is 1. The zero-order chi connectivity index (χ0) is 24.8. The number of nitrogens with one attached hydrogen (secondary N) is 1. The molecule has 2 aromatic carbocycles. The quantitative estimate of drug-likeness (QED) is 0.558. The highest BCUT2D eigenvalue weighted by atomic mass is 16.5. The van der Waals surface area contributed by atoms with Gasteiger partial charge in [-0.25, -0.2) is 4.79 Å². The molecule has 1 aliphatic carbocycles. The zero-order valence-electron chi connectivity index (χ0n) is 20.4. The van der Waals surface area contributed by atoms with Gasteiger partial charge in [0, 0.05) is 6.54 Å². The lowest BCUT2D eigenvalue weighted by Crippen LogP contribution is -2.55. The van der Waals surface area contributed by atoms with Crippen molar-refractivity contribution in [1.29, 1.82) is 0 Å². The number of carbonyl (C=O) groups is 3. The van der Waals surface area contributed by atoms with E-state index in [9.17, 15) is 14.4 Å². The summed E-state index contributed by atoms with van der Waals surface area (Å²) in [6, 6.07) is 15.8. The first-order valence-electron chi connectivity index (χ1n) is 12.5. The molecule has 0 aromatic heterocycles. The Morgan fingerprint density at radius 2 is 1.66 bits per heavy atom. The molecule has 1 unspecified atom stereocenters. The van der Waals surface area contributed by atoms with Gasteiger partial charge >= 0.3 is 11.9 Å². The first-order valence-corrected chi connectivity index (χ1v) is 12.5. The average molecular weight is 479 g/mol. The summed E-state index contributed by atoms with van der Waals surface area (Å²) in [6.45, 7) is 4.48. The van der Waals surface area contributed by atoms with Crippen LogP contribution in [-0.2, 0) is 43.3 Å². The molecule has 4 rings (SSSR count). The van der Waals surface area contributed by atoms with Gasteiger partial charge in [-0.15, -0.1) is 0 Å². The van der Waals surface area contributed by atoms with Crippen LogP contribution in [0.5, 0.6) is 0 Å². The molecule has 1 N–H and O–H groups in total. The fourth-order valence-electron chi connectivity index (χ4n) is 5.15. The number of likely N-dealkylation sites (tertiary alicyclic amines) is 1. The fraction of sp³-hybridized carbons (Fsp3) is 0.464. The highest BCUT2D eigenvalue weighted by Gasteiger charge is 2.40. The Morgan fingerprint density at radius 1 is 1.00 bits per heavy atom. The monoisotopic (exact) mass is 478 g/mol. The number of rotatable bonds is 9. The highest BCUT2D eigenvalue weighted by molar-refractivity contribution is 5.88. The predicted octanol–water partition coefficient (Wildman–Crippen LogP) is 3.05. The maximum atomic E-state index is 13.4. The number of benzene rings is 2. The molecule has 1 aliphatic heterocycles. The van der Waals surface area contributed by atoms with Crippen molar-refractivity contribution in [2.75, 3.05) is 13.2 Å². The largest absolute Gasteiger partial charge is 0.465 e. The number of hydrogen-bond acceptors (Lipinski definition) is 6. The third-order valence-electron chi connectivity index (χ3n) is 6.93. The highest BCUT2D eigenvalue weighted by Crippen LogP contribution is 2.30. The van der Waals surface area contributed by atoms with Crippen LogP contribution in [0.4, 0.5) is 0 Å². The third-order valence-corrected chi connectivity index (χ3v) is 6.93. The van der Waals surface area contributed by atoms with E-state index >= 15 is 0 Å². The number of carbonyl (C=O) groups excluding carboxylic acids is 3. The normalized spacial score (nSPS) is 19.1. The number of amides is 1. The molecule has 1 saturated heterocycles. The third kappa shape index (κ3) is 5.90. The first kappa shape index (κ1) is 24.9. The lowest BCUT2D eigenvalue weighted by Gasteiger charge is -2.30. The van der Waals surface area contributed by atoms with E-state index in [0.717, 1.165) is 24.8 Å². The standard InChI is InChI=1S/C28H34N2O5/c1-3-34-28(33)25(23-16-21-12-7-8-13-22(21)17-23)29-19(2)26(31)30-15-9-14-24(30)27(32)35-18-20-10-5-4-6-11-20/h4-8,10-13,19,23-25,29H,3,9,14-18H2,1-2H3/t19-,24-,25?/m0/s1. The van der Waals surface area contributed by atoms with Gasteiger partial charge in [0.1, 0.15) is 18.7 Å². The van der Waals surface area contributed by atoms with E-state index in [1.807, 2.05) is 42.5 Å². The summed E-state index contributed by atoms with van der Waals surface area (Å²) in [5, 5.41) is 3.25. The Labute approximate surface area is 206 Å². The smallest absolute Gasteiger partial charge is 0.329 e. The summed E-state index contributed by atoms with van der Waals surface area (Å²) in [5.74, 6) is -0.925. The van der Waals surface area contributed by atoms with Crippen LogP contribution >= 0.6 is 0 Å². The molecule has 3 atom stereocenters. The first-order chi connectivity index (χ1) is 17.0. The second-order valence-corrected chi connectivity index (χ2v) is 9.34. The van der Waals surface area contributed by atoms with Crippen molar-refractivity contribution >= 4 is 17.8 Å². The molecular formula is C28H34N2O5. The van der Waals surface area contributed by atoms with Gasteiger partial charge in [0.25, 0.3) is 0 Å². The van der Waals surface area contributed by atoms with Gasteiger partial charge in [-0.2, -0.15) is 0 Å². The maximum absolute atomic E-state index is 13.4. The minimum atomic E-state index is -0.643. The number of ether oxygens (including phenoxy) is 2. The van der Waals surface area contributed by atoms with Crippen molar-refractivity contribution in [2.24, 2.45) is 5.92 Å². The van der Waals surface area contributed by atoms with Gasteiger partial charge in [0.15, 0.2) is 0 Å². The van der Waals surface area contributed by atoms with Crippen molar-refractivity contribution in [3.63, 3.8) is 0 Å². The van der Waals surface area contributed by atoms with E-state index in [2.05, 4.69) is 17.4 Å². The number of esters is 2. The van der Waals surface area contributed by atoms with Gasteiger partial charge in [-0.3, -0.25) is 14.9 Å². The van der Waals surface area contributed by atoms with E-state index in [-0.39, 0.29) is 37.0 Å². The summed E-state index contributed by atoms with van der Waals surface area (Å²) in [4.78, 5) is 40.6. The lowest BCUT2D eigenvalue weighted by atomic mass is 9.95. The maximum Gasteiger partial charge on any atom is 0.329 e. The molecular weight excluding hydrogens is 444 g/mol. The van der Waals surface area contributed by atoms with Crippen LogP contribution in [0.25, 0.3) is 0 Å². The van der Waals surface area contributed by atoms with Crippen LogP contribution in [0.3, 0.4) is 0 Å². The van der Waals surface area contributed by atoms with Crippen molar-refractivity contribution in [3.8, 4) is 0 Å². The van der Waals surface area contributed by atoms with Gasteiger partial charge in [-0.05, 0) is 62.1 Å². The molecule has 186 valence electrons. The second-order valence-electron chi connectivity index (χ2n) is 9.34. The average Bonchev–Trinajstić information content (AvgIpc) is 3.53. The molecule has 1 fully saturated rings. The topological polar surface area (TPSA) is 84.9 Å². The van der Waals surface area contributed by atoms with E-state index in [1.165, 1.54) is 11.1 Å². The molecule has 1 amide bonds. The van der Waals surface area contributed by atoms with Crippen LogP contribution in [0.15, 0.2) is 54.6 Å². The minimum Gasteiger partial charge on any atom is -0.465 e. The lowest BCUT2D eigenvalue weighted by molar-refractivity contribution is -0.155. The van der Waals surface area contributed by atoms with E-state index in [1.54, 1.807) is 18.7 Å². The SMILES string of the molecule is CCOC(=O)C(N[C@@H](C)C(=O)N1CCC[C@H]1C(=O)OCc1ccccc1)C1Cc2ccccc2C1. The Kier molecular flexibility index (Phi) is 8.18.